The van der Waals surface area contributed by atoms with Gasteiger partial charge in [-0.2, -0.15) is 4.31 Å². The first-order chi connectivity index (χ1) is 9.19. The van der Waals surface area contributed by atoms with Gasteiger partial charge >= 0.3 is 5.97 Å². The van der Waals surface area contributed by atoms with E-state index in [0.717, 1.165) is 15.4 Å². The van der Waals surface area contributed by atoms with Crippen LogP contribution in [-0.2, 0) is 14.8 Å². The number of benzene rings is 1. The van der Waals surface area contributed by atoms with Crippen molar-refractivity contribution in [2.45, 2.75) is 44.0 Å². The van der Waals surface area contributed by atoms with Crippen LogP contribution in [-0.4, -0.2) is 35.9 Å². The van der Waals surface area contributed by atoms with Gasteiger partial charge in [0.15, 0.2) is 0 Å². The zero-order valence-corrected chi connectivity index (χ0v) is 12.7. The zero-order chi connectivity index (χ0) is 15.1. The summed E-state index contributed by atoms with van der Waals surface area (Å²) in [6.07, 6.45) is 0.902. The summed E-state index contributed by atoms with van der Waals surface area (Å²) in [6, 6.07) is 4.89. The number of aliphatic carboxylic acids is 1. The molecule has 1 saturated heterocycles. The van der Waals surface area contributed by atoms with Crippen molar-refractivity contribution in [3.8, 4) is 0 Å². The van der Waals surface area contributed by atoms with Crippen LogP contribution < -0.4 is 0 Å². The highest BCUT2D eigenvalue weighted by Gasteiger charge is 2.49. The molecule has 6 heteroatoms. The van der Waals surface area contributed by atoms with Gasteiger partial charge in [0.25, 0.3) is 0 Å². The zero-order valence-electron chi connectivity index (χ0n) is 11.9. The van der Waals surface area contributed by atoms with Crippen LogP contribution >= 0.6 is 0 Å². The molecule has 1 unspecified atom stereocenters. The highest BCUT2D eigenvalue weighted by molar-refractivity contribution is 7.89. The van der Waals surface area contributed by atoms with Gasteiger partial charge in [-0.15, -0.1) is 0 Å². The van der Waals surface area contributed by atoms with Crippen molar-refractivity contribution in [1.82, 2.24) is 4.31 Å². The molecule has 0 amide bonds. The van der Waals surface area contributed by atoms with E-state index < -0.39 is 21.5 Å². The normalized spacial score (nSPS) is 23.9. The minimum atomic E-state index is -3.78. The lowest BCUT2D eigenvalue weighted by Crippen LogP contribution is -2.50. The number of hydrogen-bond acceptors (Lipinski definition) is 3. The molecule has 0 aromatic heterocycles. The van der Waals surface area contributed by atoms with E-state index >= 15 is 0 Å². The van der Waals surface area contributed by atoms with Crippen molar-refractivity contribution < 1.29 is 18.3 Å². The Morgan fingerprint density at radius 1 is 1.30 bits per heavy atom. The summed E-state index contributed by atoms with van der Waals surface area (Å²) in [5.74, 6) is -1.09. The smallest absolute Gasteiger partial charge is 0.324 e. The Labute approximate surface area is 119 Å². The Kier molecular flexibility index (Phi) is 3.64. The summed E-state index contributed by atoms with van der Waals surface area (Å²) in [5.41, 5.74) is 0.533. The number of aryl methyl sites for hydroxylation is 2. The quantitative estimate of drug-likeness (QED) is 0.925. The van der Waals surface area contributed by atoms with Crippen LogP contribution in [0.2, 0.25) is 0 Å². The molecule has 0 saturated carbocycles. The summed E-state index contributed by atoms with van der Waals surface area (Å²) in [7, 11) is -3.78. The fourth-order valence-corrected chi connectivity index (χ4v) is 4.43. The Morgan fingerprint density at radius 2 is 1.95 bits per heavy atom. The summed E-state index contributed by atoms with van der Waals surface area (Å²) in [4.78, 5) is 11.6. The molecule has 1 aromatic rings. The molecule has 110 valence electrons. The third-order valence-corrected chi connectivity index (χ3v) is 6.12. The molecule has 1 fully saturated rings. The molecule has 1 aliphatic heterocycles. The van der Waals surface area contributed by atoms with Crippen molar-refractivity contribution in [3.63, 3.8) is 0 Å². The number of carboxylic acids is 1. The van der Waals surface area contributed by atoms with Crippen LogP contribution in [0.4, 0.5) is 0 Å². The average molecular weight is 297 g/mol. The first kappa shape index (κ1) is 15.0. The number of nitrogens with zero attached hydrogens (tertiary/aromatic N) is 1. The monoisotopic (exact) mass is 297 g/mol. The third-order valence-electron chi connectivity index (χ3n) is 4.10. The lowest BCUT2D eigenvalue weighted by Gasteiger charge is -2.30. The highest BCUT2D eigenvalue weighted by atomic mass is 32.2. The first-order valence-corrected chi connectivity index (χ1v) is 7.97. The molecule has 0 spiro atoms. The second kappa shape index (κ2) is 4.86. The fourth-order valence-electron chi connectivity index (χ4n) is 2.54. The third kappa shape index (κ3) is 2.23. The maximum Gasteiger partial charge on any atom is 0.324 e. The minimum Gasteiger partial charge on any atom is -0.480 e. The molecule has 20 heavy (non-hydrogen) atoms. The Hall–Kier alpha value is -1.40. The lowest BCUT2D eigenvalue weighted by molar-refractivity contribution is -0.146. The highest BCUT2D eigenvalue weighted by Crippen LogP contribution is 2.35. The average Bonchev–Trinajstić information content (AvgIpc) is 2.77. The Morgan fingerprint density at radius 3 is 2.50 bits per heavy atom. The molecule has 1 heterocycles. The van der Waals surface area contributed by atoms with E-state index in [2.05, 4.69) is 0 Å². The van der Waals surface area contributed by atoms with Crippen molar-refractivity contribution in [2.75, 3.05) is 6.54 Å². The van der Waals surface area contributed by atoms with Gasteiger partial charge in [-0.1, -0.05) is 6.07 Å². The molecule has 0 aliphatic carbocycles. The molecule has 1 aliphatic rings. The van der Waals surface area contributed by atoms with Crippen LogP contribution in [0, 0.1) is 13.8 Å². The molecule has 0 bridgehead atoms. The topological polar surface area (TPSA) is 74.7 Å². The summed E-state index contributed by atoms with van der Waals surface area (Å²) in [5, 5.41) is 9.35. The molecular formula is C14H19NO4S. The van der Waals surface area contributed by atoms with Gasteiger partial charge in [0.2, 0.25) is 10.0 Å². The SMILES string of the molecule is Cc1ccc(S(=O)(=O)N2CCCC2(C)C(=O)O)cc1C. The van der Waals surface area contributed by atoms with Crippen LogP contribution in [0.15, 0.2) is 23.1 Å². The number of hydrogen-bond donors (Lipinski definition) is 1. The van der Waals surface area contributed by atoms with Crippen LogP contribution in [0.1, 0.15) is 30.9 Å². The number of carboxylic acid groups (broad SMARTS) is 1. The number of rotatable bonds is 3. The van der Waals surface area contributed by atoms with E-state index in [1.165, 1.54) is 13.0 Å². The van der Waals surface area contributed by atoms with Gasteiger partial charge in [-0.3, -0.25) is 4.79 Å². The second-order valence-electron chi connectivity index (χ2n) is 5.51. The standard InChI is InChI=1S/C14H19NO4S/c1-10-5-6-12(9-11(10)2)20(18,19)15-8-4-7-14(15,3)13(16)17/h5-6,9H,4,7-8H2,1-3H3,(H,16,17). The minimum absolute atomic E-state index is 0.162. The van der Waals surface area contributed by atoms with E-state index in [1.54, 1.807) is 12.1 Å². The van der Waals surface area contributed by atoms with E-state index in [-0.39, 0.29) is 11.4 Å². The van der Waals surface area contributed by atoms with E-state index in [1.807, 2.05) is 13.8 Å². The van der Waals surface area contributed by atoms with Crippen LogP contribution in [0.5, 0.6) is 0 Å². The Bertz CT molecular complexity index is 653. The van der Waals surface area contributed by atoms with E-state index in [9.17, 15) is 18.3 Å². The molecule has 1 aromatic carbocycles. The predicted octanol–water partition coefficient (Wildman–Crippen LogP) is 1.93. The van der Waals surface area contributed by atoms with E-state index in [0.29, 0.717) is 12.8 Å². The van der Waals surface area contributed by atoms with Gasteiger partial charge in [-0.05, 0) is 56.9 Å². The number of sulfonamides is 1. The lowest BCUT2D eigenvalue weighted by atomic mass is 10.0. The second-order valence-corrected chi connectivity index (χ2v) is 7.37. The molecule has 5 nitrogen and oxygen atoms in total. The van der Waals surface area contributed by atoms with Gasteiger partial charge < -0.3 is 5.11 Å². The molecule has 1 N–H and O–H groups in total. The summed E-state index contributed by atoms with van der Waals surface area (Å²) < 4.78 is 26.5. The summed E-state index contributed by atoms with van der Waals surface area (Å²) in [6.45, 7) is 5.47. The Balaban J connectivity index is 2.49. The van der Waals surface area contributed by atoms with Crippen molar-refractivity contribution in [2.24, 2.45) is 0 Å². The van der Waals surface area contributed by atoms with Gasteiger partial charge in [0, 0.05) is 6.54 Å². The van der Waals surface area contributed by atoms with Crippen LogP contribution in [0.25, 0.3) is 0 Å². The van der Waals surface area contributed by atoms with Crippen molar-refractivity contribution in [1.29, 1.82) is 0 Å². The van der Waals surface area contributed by atoms with Crippen LogP contribution in [0.3, 0.4) is 0 Å². The van der Waals surface area contributed by atoms with E-state index in [4.69, 9.17) is 0 Å². The van der Waals surface area contributed by atoms with Crippen molar-refractivity contribution >= 4 is 16.0 Å². The van der Waals surface area contributed by atoms with Gasteiger partial charge in [0.1, 0.15) is 5.54 Å². The largest absolute Gasteiger partial charge is 0.480 e. The predicted molar refractivity (Wildman–Crippen MR) is 75.1 cm³/mol. The molecule has 0 radical (unpaired) electrons. The molecule has 2 rings (SSSR count). The summed E-state index contributed by atoms with van der Waals surface area (Å²) >= 11 is 0. The number of carbonyl (C=O) groups is 1. The maximum atomic E-state index is 12.7. The first-order valence-electron chi connectivity index (χ1n) is 6.53. The van der Waals surface area contributed by atoms with Gasteiger partial charge in [-0.25, -0.2) is 8.42 Å². The van der Waals surface area contributed by atoms with Gasteiger partial charge in [0.05, 0.1) is 4.90 Å². The fraction of sp³-hybridized carbons (Fsp3) is 0.500. The molecule has 1 atom stereocenters. The van der Waals surface area contributed by atoms with Crippen molar-refractivity contribution in [3.05, 3.63) is 29.3 Å². The molecular weight excluding hydrogens is 278 g/mol. The maximum absolute atomic E-state index is 12.7.